The molecule has 0 aliphatic carbocycles. The highest BCUT2D eigenvalue weighted by Gasteiger charge is 2.24. The van der Waals surface area contributed by atoms with E-state index < -0.39 is 0 Å². The molecule has 1 aliphatic rings. The van der Waals surface area contributed by atoms with Crippen LogP contribution in [0.25, 0.3) is 0 Å². The number of aromatic nitrogens is 3. The summed E-state index contributed by atoms with van der Waals surface area (Å²) in [7, 11) is 0. The molecule has 0 spiro atoms. The van der Waals surface area contributed by atoms with Crippen molar-refractivity contribution >= 4 is 0 Å². The van der Waals surface area contributed by atoms with E-state index in [2.05, 4.69) is 51.8 Å². The summed E-state index contributed by atoms with van der Waals surface area (Å²) in [5.41, 5.74) is 1.36. The molecule has 0 amide bonds. The largest absolute Gasteiger partial charge is 0.349 e. The van der Waals surface area contributed by atoms with Gasteiger partial charge < -0.3 is 9.09 Å². The van der Waals surface area contributed by atoms with E-state index in [1.165, 1.54) is 5.69 Å². The highest BCUT2D eigenvalue weighted by molar-refractivity contribution is 5.13. The van der Waals surface area contributed by atoms with Gasteiger partial charge in [0.25, 0.3) is 0 Å². The summed E-state index contributed by atoms with van der Waals surface area (Å²) in [6.07, 6.45) is 4.09. The van der Waals surface area contributed by atoms with Crippen molar-refractivity contribution in [2.75, 3.05) is 6.54 Å². The lowest BCUT2D eigenvalue weighted by molar-refractivity contribution is 0.141. The third-order valence-corrected chi connectivity index (χ3v) is 3.79. The van der Waals surface area contributed by atoms with Crippen LogP contribution in [0.2, 0.25) is 0 Å². The third-order valence-electron chi connectivity index (χ3n) is 3.79. The first-order chi connectivity index (χ1) is 9.28. The van der Waals surface area contributed by atoms with Crippen LogP contribution in [0.4, 0.5) is 0 Å². The molecule has 1 unspecified atom stereocenters. The summed E-state index contributed by atoms with van der Waals surface area (Å²) in [5.74, 6) is 1.56. The van der Waals surface area contributed by atoms with Gasteiger partial charge >= 0.3 is 0 Å². The Morgan fingerprint density at radius 1 is 1.42 bits per heavy atom. The topological polar surface area (TPSA) is 47.1 Å². The average Bonchev–Trinajstić information content (AvgIpc) is 3.03. The molecule has 0 saturated heterocycles. The number of hydrogen-bond acceptors (Lipinski definition) is 4. The van der Waals surface area contributed by atoms with E-state index in [1.807, 2.05) is 0 Å². The molecule has 0 bridgehead atoms. The maximum absolute atomic E-state index is 5.33. The number of nitrogens with zero attached hydrogens (tertiary/aromatic N) is 4. The summed E-state index contributed by atoms with van der Waals surface area (Å²) in [6.45, 7) is 7.14. The number of fused-ring (bicyclic) bond motifs is 1. The second-order valence-corrected chi connectivity index (χ2v) is 5.13. The fourth-order valence-corrected chi connectivity index (χ4v) is 2.70. The molecule has 0 fully saturated rings. The molecule has 0 radical (unpaired) electrons. The molecular weight excluding hydrogens is 240 g/mol. The number of aryl methyl sites for hydroxylation is 1. The maximum Gasteiger partial charge on any atom is 0.240 e. The molecule has 1 atom stereocenters. The van der Waals surface area contributed by atoms with Gasteiger partial charge in [-0.25, -0.2) is 0 Å². The Balaban J connectivity index is 1.70. The lowest BCUT2D eigenvalue weighted by Crippen LogP contribution is -2.35. The zero-order valence-corrected chi connectivity index (χ0v) is 11.5. The van der Waals surface area contributed by atoms with E-state index in [9.17, 15) is 0 Å². The van der Waals surface area contributed by atoms with Crippen molar-refractivity contribution < 1.29 is 4.52 Å². The van der Waals surface area contributed by atoms with Crippen molar-refractivity contribution in [1.29, 1.82) is 0 Å². The van der Waals surface area contributed by atoms with Crippen molar-refractivity contribution in [1.82, 2.24) is 19.6 Å². The molecule has 5 heteroatoms. The minimum atomic E-state index is 0.394. The molecule has 1 aliphatic heterocycles. The van der Waals surface area contributed by atoms with Gasteiger partial charge in [0.1, 0.15) is 0 Å². The van der Waals surface area contributed by atoms with Gasteiger partial charge in [0, 0.05) is 37.4 Å². The highest BCUT2D eigenvalue weighted by Crippen LogP contribution is 2.26. The quantitative estimate of drug-likeness (QED) is 0.847. The van der Waals surface area contributed by atoms with E-state index in [-0.39, 0.29) is 0 Å². The molecule has 0 saturated carbocycles. The van der Waals surface area contributed by atoms with Crippen LogP contribution in [0.3, 0.4) is 0 Å². The Morgan fingerprint density at radius 3 is 3.16 bits per heavy atom. The van der Waals surface area contributed by atoms with E-state index in [0.29, 0.717) is 6.04 Å². The Hall–Kier alpha value is -1.62. The number of rotatable bonds is 4. The SMILES string of the molecule is CCCc1noc(CN2CCn3cccc3C2C)n1. The van der Waals surface area contributed by atoms with Crippen LogP contribution < -0.4 is 0 Å². The molecule has 102 valence electrons. The van der Waals surface area contributed by atoms with Gasteiger partial charge in [-0.1, -0.05) is 12.1 Å². The van der Waals surface area contributed by atoms with Crippen LogP contribution in [-0.4, -0.2) is 26.2 Å². The van der Waals surface area contributed by atoms with Crippen LogP contribution in [0, 0.1) is 0 Å². The zero-order valence-electron chi connectivity index (χ0n) is 11.5. The van der Waals surface area contributed by atoms with E-state index >= 15 is 0 Å². The van der Waals surface area contributed by atoms with Gasteiger partial charge in [0.2, 0.25) is 5.89 Å². The summed E-state index contributed by atoms with van der Waals surface area (Å²) in [6, 6.07) is 4.69. The Bertz CT molecular complexity index is 545. The first kappa shape index (κ1) is 12.4. The van der Waals surface area contributed by atoms with Crippen LogP contribution in [0.1, 0.15) is 43.7 Å². The fourth-order valence-electron chi connectivity index (χ4n) is 2.70. The first-order valence-electron chi connectivity index (χ1n) is 6.98. The summed E-state index contributed by atoms with van der Waals surface area (Å²) in [4.78, 5) is 6.83. The number of hydrogen-bond donors (Lipinski definition) is 0. The lowest BCUT2D eigenvalue weighted by Gasteiger charge is -2.33. The van der Waals surface area contributed by atoms with E-state index in [1.54, 1.807) is 0 Å². The Kier molecular flexibility index (Phi) is 3.38. The van der Waals surface area contributed by atoms with Crippen LogP contribution in [-0.2, 0) is 19.5 Å². The molecule has 3 rings (SSSR count). The minimum Gasteiger partial charge on any atom is -0.349 e. The van der Waals surface area contributed by atoms with Gasteiger partial charge in [-0.3, -0.25) is 4.90 Å². The summed E-state index contributed by atoms with van der Waals surface area (Å²) in [5, 5.41) is 4.01. The van der Waals surface area contributed by atoms with Crippen molar-refractivity contribution in [3.63, 3.8) is 0 Å². The molecular formula is C14H20N4O. The molecule has 5 nitrogen and oxygen atoms in total. The zero-order chi connectivity index (χ0) is 13.2. The van der Waals surface area contributed by atoms with Crippen LogP contribution in [0.15, 0.2) is 22.9 Å². The highest BCUT2D eigenvalue weighted by atomic mass is 16.5. The lowest BCUT2D eigenvalue weighted by atomic mass is 10.1. The van der Waals surface area contributed by atoms with Gasteiger partial charge in [0.15, 0.2) is 5.82 Å². The predicted molar refractivity (Wildman–Crippen MR) is 71.6 cm³/mol. The van der Waals surface area contributed by atoms with Gasteiger partial charge in [-0.05, 0) is 25.5 Å². The Morgan fingerprint density at radius 2 is 2.32 bits per heavy atom. The van der Waals surface area contributed by atoms with Gasteiger partial charge in [-0.2, -0.15) is 4.98 Å². The molecule has 2 aromatic rings. The Labute approximate surface area is 113 Å². The third kappa shape index (κ3) is 2.42. The fraction of sp³-hybridized carbons (Fsp3) is 0.571. The minimum absolute atomic E-state index is 0.394. The van der Waals surface area contributed by atoms with Crippen LogP contribution >= 0.6 is 0 Å². The smallest absolute Gasteiger partial charge is 0.240 e. The molecule has 19 heavy (non-hydrogen) atoms. The van der Waals surface area contributed by atoms with E-state index in [4.69, 9.17) is 4.52 Å². The average molecular weight is 260 g/mol. The molecule has 3 heterocycles. The monoisotopic (exact) mass is 260 g/mol. The predicted octanol–water partition coefficient (Wildman–Crippen LogP) is 2.40. The molecule has 2 aromatic heterocycles. The second kappa shape index (κ2) is 5.17. The summed E-state index contributed by atoms with van der Waals surface area (Å²) < 4.78 is 7.65. The van der Waals surface area contributed by atoms with E-state index in [0.717, 1.165) is 44.2 Å². The van der Waals surface area contributed by atoms with Crippen molar-refractivity contribution in [3.05, 3.63) is 35.7 Å². The normalized spacial score (nSPS) is 19.6. The standard InChI is InChI=1S/C14H20N4O/c1-3-5-13-15-14(19-16-13)10-18-9-8-17-7-4-6-12(17)11(18)2/h4,6-7,11H,3,5,8-10H2,1-2H3. The van der Waals surface area contributed by atoms with Crippen molar-refractivity contribution in [2.24, 2.45) is 0 Å². The maximum atomic E-state index is 5.33. The van der Waals surface area contributed by atoms with Crippen molar-refractivity contribution in [3.8, 4) is 0 Å². The molecule has 0 N–H and O–H groups in total. The second-order valence-electron chi connectivity index (χ2n) is 5.13. The summed E-state index contributed by atoms with van der Waals surface area (Å²) >= 11 is 0. The van der Waals surface area contributed by atoms with Crippen LogP contribution in [0.5, 0.6) is 0 Å². The van der Waals surface area contributed by atoms with Gasteiger partial charge in [0.05, 0.1) is 6.54 Å². The first-order valence-corrected chi connectivity index (χ1v) is 6.98. The van der Waals surface area contributed by atoms with Crippen molar-refractivity contribution in [2.45, 2.75) is 45.8 Å². The van der Waals surface area contributed by atoms with Gasteiger partial charge in [-0.15, -0.1) is 0 Å². The molecule has 0 aromatic carbocycles.